The lowest BCUT2D eigenvalue weighted by molar-refractivity contribution is 0.388. The van der Waals surface area contributed by atoms with Crippen LogP contribution in [0.5, 0.6) is 5.75 Å². The lowest BCUT2D eigenvalue weighted by Crippen LogP contribution is -2.13. The van der Waals surface area contributed by atoms with Crippen molar-refractivity contribution in [3.8, 4) is 5.75 Å². The summed E-state index contributed by atoms with van der Waals surface area (Å²) in [7, 11) is 0. The minimum absolute atomic E-state index is 0.177. The zero-order valence-corrected chi connectivity index (χ0v) is 8.97. The first kappa shape index (κ1) is 10.6. The van der Waals surface area contributed by atoms with Gasteiger partial charge < -0.3 is 14.9 Å². The van der Waals surface area contributed by atoms with E-state index in [0.29, 0.717) is 13.1 Å². The maximum absolute atomic E-state index is 9.06. The van der Waals surface area contributed by atoms with Crippen LogP contribution in [-0.2, 0) is 13.1 Å². The summed E-state index contributed by atoms with van der Waals surface area (Å²) in [5.74, 6) is 0.982. The molecule has 0 bridgehead atoms. The molecule has 0 saturated heterocycles. The van der Waals surface area contributed by atoms with Crippen LogP contribution >= 0.6 is 0 Å². The van der Waals surface area contributed by atoms with Crippen LogP contribution in [-0.4, -0.2) is 15.2 Å². The van der Waals surface area contributed by atoms with E-state index < -0.39 is 0 Å². The second kappa shape index (κ2) is 4.76. The van der Waals surface area contributed by atoms with Crippen molar-refractivity contribution in [2.75, 3.05) is 0 Å². The average Bonchev–Trinajstić information content (AvgIpc) is 2.67. The fraction of sp³-hybridized carbons (Fsp3) is 0.273. The smallest absolute Gasteiger partial charge is 0.133 e. The Morgan fingerprint density at radius 2 is 2.12 bits per heavy atom. The standard InChI is InChI=1S/C11H13N3O2/c1-8-4-10(14-16-8)6-12-5-9-2-3-11(15)7-13-9/h2-4,7,12,15H,5-6H2,1H3. The maximum atomic E-state index is 9.06. The highest BCUT2D eigenvalue weighted by molar-refractivity contribution is 5.17. The third kappa shape index (κ3) is 2.80. The van der Waals surface area contributed by atoms with Gasteiger partial charge in [-0.2, -0.15) is 0 Å². The molecule has 0 amide bonds. The van der Waals surface area contributed by atoms with Gasteiger partial charge in [-0.05, 0) is 19.1 Å². The second-order valence-corrected chi connectivity index (χ2v) is 3.54. The van der Waals surface area contributed by atoms with Crippen molar-refractivity contribution in [3.05, 3.63) is 41.5 Å². The molecule has 0 aliphatic carbocycles. The molecule has 0 saturated carbocycles. The van der Waals surface area contributed by atoms with Crippen LogP contribution in [0.3, 0.4) is 0 Å². The molecule has 2 N–H and O–H groups in total. The number of hydrogen-bond acceptors (Lipinski definition) is 5. The van der Waals surface area contributed by atoms with E-state index in [2.05, 4.69) is 15.5 Å². The summed E-state index contributed by atoms with van der Waals surface area (Å²) in [6, 6.07) is 5.28. The van der Waals surface area contributed by atoms with E-state index in [1.165, 1.54) is 6.20 Å². The van der Waals surface area contributed by atoms with E-state index in [1.807, 2.05) is 13.0 Å². The monoisotopic (exact) mass is 219 g/mol. The summed E-state index contributed by atoms with van der Waals surface area (Å²) < 4.78 is 4.94. The molecule has 2 aromatic rings. The Kier molecular flexibility index (Phi) is 3.16. The zero-order valence-electron chi connectivity index (χ0n) is 8.97. The molecular formula is C11H13N3O2. The molecule has 0 aliphatic heterocycles. The van der Waals surface area contributed by atoms with Crippen molar-refractivity contribution in [2.24, 2.45) is 0 Å². The Labute approximate surface area is 93.1 Å². The summed E-state index contributed by atoms with van der Waals surface area (Å²) in [4.78, 5) is 4.06. The first-order valence-electron chi connectivity index (χ1n) is 5.01. The van der Waals surface area contributed by atoms with Crippen molar-refractivity contribution in [2.45, 2.75) is 20.0 Å². The van der Waals surface area contributed by atoms with Crippen LogP contribution in [0.2, 0.25) is 0 Å². The van der Waals surface area contributed by atoms with Gasteiger partial charge in [0.1, 0.15) is 11.5 Å². The van der Waals surface area contributed by atoms with E-state index in [-0.39, 0.29) is 5.75 Å². The largest absolute Gasteiger partial charge is 0.506 e. The summed E-state index contributed by atoms with van der Waals surface area (Å²) in [6.45, 7) is 3.13. The van der Waals surface area contributed by atoms with Crippen molar-refractivity contribution in [3.63, 3.8) is 0 Å². The number of hydrogen-bond donors (Lipinski definition) is 2. The molecule has 2 heterocycles. The van der Waals surface area contributed by atoms with Gasteiger partial charge in [0, 0.05) is 19.2 Å². The van der Waals surface area contributed by atoms with Gasteiger partial charge in [0.05, 0.1) is 17.6 Å². The topological polar surface area (TPSA) is 71.2 Å². The van der Waals surface area contributed by atoms with Gasteiger partial charge in [0.25, 0.3) is 0 Å². The van der Waals surface area contributed by atoms with Crippen molar-refractivity contribution < 1.29 is 9.63 Å². The van der Waals surface area contributed by atoms with Crippen LogP contribution in [0.1, 0.15) is 17.1 Å². The lowest BCUT2D eigenvalue weighted by atomic mass is 10.3. The van der Waals surface area contributed by atoms with Crippen LogP contribution in [0, 0.1) is 6.92 Å². The summed E-state index contributed by atoms with van der Waals surface area (Å²) >= 11 is 0. The Morgan fingerprint density at radius 1 is 1.31 bits per heavy atom. The van der Waals surface area contributed by atoms with Crippen LogP contribution in [0.4, 0.5) is 0 Å². The van der Waals surface area contributed by atoms with Gasteiger partial charge in [0.2, 0.25) is 0 Å². The van der Waals surface area contributed by atoms with Gasteiger partial charge >= 0.3 is 0 Å². The normalized spacial score (nSPS) is 10.6. The molecule has 0 radical (unpaired) electrons. The minimum Gasteiger partial charge on any atom is -0.506 e. The van der Waals surface area contributed by atoms with Gasteiger partial charge in [-0.3, -0.25) is 4.98 Å². The third-order valence-electron chi connectivity index (χ3n) is 2.10. The fourth-order valence-electron chi connectivity index (χ4n) is 1.34. The number of aryl methyl sites for hydroxylation is 1. The third-order valence-corrected chi connectivity index (χ3v) is 2.10. The molecule has 5 nitrogen and oxygen atoms in total. The van der Waals surface area contributed by atoms with E-state index in [9.17, 15) is 0 Å². The molecule has 2 rings (SSSR count). The molecule has 0 spiro atoms. The second-order valence-electron chi connectivity index (χ2n) is 3.54. The summed E-state index contributed by atoms with van der Waals surface area (Å²) in [5.41, 5.74) is 1.74. The Bertz CT molecular complexity index is 451. The van der Waals surface area contributed by atoms with E-state index in [1.54, 1.807) is 12.1 Å². The van der Waals surface area contributed by atoms with Crippen molar-refractivity contribution in [1.82, 2.24) is 15.5 Å². The molecule has 84 valence electrons. The Hall–Kier alpha value is -1.88. The fourth-order valence-corrected chi connectivity index (χ4v) is 1.34. The van der Waals surface area contributed by atoms with Gasteiger partial charge in [-0.15, -0.1) is 0 Å². The van der Waals surface area contributed by atoms with Crippen LogP contribution in [0.25, 0.3) is 0 Å². The molecule has 2 aromatic heterocycles. The number of aromatic hydroxyl groups is 1. The first-order valence-corrected chi connectivity index (χ1v) is 5.01. The molecule has 16 heavy (non-hydrogen) atoms. The van der Waals surface area contributed by atoms with Gasteiger partial charge in [-0.25, -0.2) is 0 Å². The molecular weight excluding hydrogens is 206 g/mol. The Morgan fingerprint density at radius 3 is 2.75 bits per heavy atom. The summed E-state index contributed by atoms with van der Waals surface area (Å²) in [6.07, 6.45) is 1.43. The molecule has 5 heteroatoms. The molecule has 0 atom stereocenters. The van der Waals surface area contributed by atoms with Crippen LogP contribution < -0.4 is 5.32 Å². The first-order chi connectivity index (χ1) is 7.74. The average molecular weight is 219 g/mol. The molecule has 0 fully saturated rings. The lowest BCUT2D eigenvalue weighted by Gasteiger charge is -2.01. The van der Waals surface area contributed by atoms with Crippen molar-refractivity contribution in [1.29, 1.82) is 0 Å². The number of aromatic nitrogens is 2. The highest BCUT2D eigenvalue weighted by atomic mass is 16.5. The zero-order chi connectivity index (χ0) is 11.4. The predicted molar refractivity (Wildman–Crippen MR) is 57.7 cm³/mol. The van der Waals surface area contributed by atoms with E-state index in [0.717, 1.165) is 17.1 Å². The van der Waals surface area contributed by atoms with Gasteiger partial charge in [0.15, 0.2) is 0 Å². The molecule has 0 aliphatic rings. The number of pyridine rings is 1. The number of nitrogens with zero attached hydrogens (tertiary/aromatic N) is 2. The molecule has 0 unspecified atom stereocenters. The van der Waals surface area contributed by atoms with E-state index in [4.69, 9.17) is 9.63 Å². The molecule has 0 aromatic carbocycles. The van der Waals surface area contributed by atoms with Gasteiger partial charge in [-0.1, -0.05) is 5.16 Å². The highest BCUT2D eigenvalue weighted by Gasteiger charge is 2.00. The number of rotatable bonds is 4. The van der Waals surface area contributed by atoms with Crippen LogP contribution in [0.15, 0.2) is 28.9 Å². The minimum atomic E-state index is 0.177. The summed E-state index contributed by atoms with van der Waals surface area (Å²) in [5, 5.41) is 16.1. The number of nitrogens with one attached hydrogen (secondary N) is 1. The highest BCUT2D eigenvalue weighted by Crippen LogP contribution is 2.06. The van der Waals surface area contributed by atoms with Crippen molar-refractivity contribution >= 4 is 0 Å². The SMILES string of the molecule is Cc1cc(CNCc2ccc(O)cn2)no1. The Balaban J connectivity index is 1.82. The predicted octanol–water partition coefficient (Wildman–Crippen LogP) is 1.37. The van der Waals surface area contributed by atoms with E-state index >= 15 is 0 Å². The quantitative estimate of drug-likeness (QED) is 0.812. The maximum Gasteiger partial charge on any atom is 0.133 e.